The molecule has 26 heavy (non-hydrogen) atoms. The fourth-order valence-electron chi connectivity index (χ4n) is 2.24. The molecule has 1 aromatic heterocycles. The number of carbonyl (C=O) groups excluding carboxylic acids is 2. The van der Waals surface area contributed by atoms with Crippen molar-refractivity contribution < 1.29 is 23.5 Å². The van der Waals surface area contributed by atoms with Crippen LogP contribution in [0.4, 0.5) is 4.79 Å². The van der Waals surface area contributed by atoms with E-state index in [0.29, 0.717) is 11.1 Å². The number of hydrogen-bond donors (Lipinski definition) is 1. The highest BCUT2D eigenvalue weighted by Crippen LogP contribution is 2.24. The maximum atomic E-state index is 12.2. The summed E-state index contributed by atoms with van der Waals surface area (Å²) in [5.74, 6) is -0.451. The van der Waals surface area contributed by atoms with Crippen LogP contribution in [0.25, 0.3) is 11.0 Å². The summed E-state index contributed by atoms with van der Waals surface area (Å²) in [7, 11) is 0. The smallest absolute Gasteiger partial charge is 0.408 e. The minimum Gasteiger partial charge on any atom is -0.444 e. The lowest BCUT2D eigenvalue weighted by Crippen LogP contribution is -2.43. The molecule has 2 aromatic rings. The Morgan fingerprint density at radius 3 is 2.42 bits per heavy atom. The molecule has 0 aliphatic rings. The molecule has 7 heteroatoms. The van der Waals surface area contributed by atoms with Crippen molar-refractivity contribution >= 4 is 23.0 Å². The first-order valence-electron chi connectivity index (χ1n) is 8.23. The molecule has 0 bridgehead atoms. The lowest BCUT2D eigenvalue weighted by Gasteiger charge is -2.21. The van der Waals surface area contributed by atoms with Crippen molar-refractivity contribution in [1.82, 2.24) is 5.32 Å². The van der Waals surface area contributed by atoms with Crippen LogP contribution in [-0.2, 0) is 9.53 Å². The zero-order valence-electron chi connectivity index (χ0n) is 15.8. The van der Waals surface area contributed by atoms with Crippen LogP contribution in [0, 0.1) is 13.8 Å². The SMILES string of the molecule is Cc1c(C)c2ccc(OC(=O)[C@H](C)NC(=O)OC(C)(C)C)cc2oc1=O. The van der Waals surface area contributed by atoms with Gasteiger partial charge in [0.25, 0.3) is 0 Å². The summed E-state index contributed by atoms with van der Waals surface area (Å²) in [5, 5.41) is 3.18. The zero-order chi connectivity index (χ0) is 19.6. The van der Waals surface area contributed by atoms with Crippen molar-refractivity contribution in [2.45, 2.75) is 53.2 Å². The third kappa shape index (κ3) is 4.62. The quantitative estimate of drug-likeness (QED) is 0.512. The highest BCUT2D eigenvalue weighted by atomic mass is 16.6. The van der Waals surface area contributed by atoms with Crippen LogP contribution >= 0.6 is 0 Å². The molecule has 7 nitrogen and oxygen atoms in total. The molecule has 0 aliphatic carbocycles. The van der Waals surface area contributed by atoms with Gasteiger partial charge in [-0.2, -0.15) is 0 Å². The van der Waals surface area contributed by atoms with Crippen molar-refractivity contribution in [3.8, 4) is 5.75 Å². The van der Waals surface area contributed by atoms with Crippen molar-refractivity contribution in [3.63, 3.8) is 0 Å². The van der Waals surface area contributed by atoms with E-state index >= 15 is 0 Å². The number of esters is 1. The maximum absolute atomic E-state index is 12.2. The number of amides is 1. The van der Waals surface area contributed by atoms with Crippen LogP contribution in [0.2, 0.25) is 0 Å². The lowest BCUT2D eigenvalue weighted by molar-refractivity contribution is -0.136. The van der Waals surface area contributed by atoms with Crippen LogP contribution in [0.15, 0.2) is 27.4 Å². The van der Waals surface area contributed by atoms with Crippen LogP contribution < -0.4 is 15.7 Å². The zero-order valence-corrected chi connectivity index (χ0v) is 15.8. The molecule has 2 rings (SSSR count). The van der Waals surface area contributed by atoms with E-state index in [2.05, 4.69) is 5.32 Å². The second-order valence-corrected chi connectivity index (χ2v) is 7.09. The standard InChI is InChI=1S/C19H23NO6/c1-10-11(2)16(21)25-15-9-13(7-8-14(10)15)24-17(22)12(3)20-18(23)26-19(4,5)6/h7-9,12H,1-6H3,(H,20,23)/t12-/m0/s1. The molecule has 0 fully saturated rings. The van der Waals surface area contributed by atoms with Crippen molar-refractivity contribution in [3.05, 3.63) is 39.7 Å². The molecule has 1 N–H and O–H groups in total. The summed E-state index contributed by atoms with van der Waals surface area (Å²) >= 11 is 0. The Bertz CT molecular complexity index is 907. The normalized spacial score (nSPS) is 12.5. The van der Waals surface area contributed by atoms with Gasteiger partial charge in [0, 0.05) is 17.0 Å². The lowest BCUT2D eigenvalue weighted by atomic mass is 10.1. The number of aryl methyl sites for hydroxylation is 1. The molecule has 1 atom stereocenters. The summed E-state index contributed by atoms with van der Waals surface area (Å²) in [6, 6.07) is 3.89. The number of nitrogens with one attached hydrogen (secondary N) is 1. The number of ether oxygens (including phenoxy) is 2. The third-order valence-corrected chi connectivity index (χ3v) is 3.73. The summed E-state index contributed by atoms with van der Waals surface area (Å²) in [5.41, 5.74) is 0.584. The third-order valence-electron chi connectivity index (χ3n) is 3.73. The van der Waals surface area contributed by atoms with Crippen LogP contribution in [0.1, 0.15) is 38.8 Å². The predicted molar refractivity (Wildman–Crippen MR) is 96.4 cm³/mol. The minimum absolute atomic E-state index is 0.215. The monoisotopic (exact) mass is 361 g/mol. The van der Waals surface area contributed by atoms with Crippen molar-refractivity contribution in [2.24, 2.45) is 0 Å². The van der Waals surface area contributed by atoms with E-state index in [1.165, 1.54) is 13.0 Å². The number of carbonyl (C=O) groups is 2. The molecule has 1 amide bonds. The number of alkyl carbamates (subject to hydrolysis) is 1. The molecule has 0 saturated carbocycles. The van der Waals surface area contributed by atoms with Gasteiger partial charge < -0.3 is 19.2 Å². The first-order valence-corrected chi connectivity index (χ1v) is 8.23. The van der Waals surface area contributed by atoms with E-state index < -0.39 is 29.3 Å². The summed E-state index contributed by atoms with van der Waals surface area (Å²) < 4.78 is 15.6. The van der Waals surface area contributed by atoms with E-state index in [0.717, 1.165) is 10.9 Å². The van der Waals surface area contributed by atoms with Crippen LogP contribution in [-0.4, -0.2) is 23.7 Å². The van der Waals surface area contributed by atoms with E-state index in [1.807, 2.05) is 6.92 Å². The fraction of sp³-hybridized carbons (Fsp3) is 0.421. The molecule has 0 unspecified atom stereocenters. The van der Waals surface area contributed by atoms with E-state index in [4.69, 9.17) is 13.9 Å². The molecule has 0 radical (unpaired) electrons. The van der Waals surface area contributed by atoms with E-state index in [9.17, 15) is 14.4 Å². The van der Waals surface area contributed by atoms with Gasteiger partial charge in [-0.3, -0.25) is 0 Å². The Morgan fingerprint density at radius 2 is 1.81 bits per heavy atom. The van der Waals surface area contributed by atoms with Gasteiger partial charge in [0.15, 0.2) is 0 Å². The predicted octanol–water partition coefficient (Wildman–Crippen LogP) is 3.23. The summed E-state index contributed by atoms with van der Waals surface area (Å²) in [4.78, 5) is 35.7. The second-order valence-electron chi connectivity index (χ2n) is 7.09. The Morgan fingerprint density at radius 1 is 1.15 bits per heavy atom. The second kappa shape index (κ2) is 7.19. The van der Waals surface area contributed by atoms with Gasteiger partial charge in [-0.15, -0.1) is 0 Å². The van der Waals surface area contributed by atoms with Crippen molar-refractivity contribution in [1.29, 1.82) is 0 Å². The van der Waals surface area contributed by atoms with Crippen molar-refractivity contribution in [2.75, 3.05) is 0 Å². The summed E-state index contributed by atoms with van der Waals surface area (Å²) in [6.07, 6.45) is -0.711. The van der Waals surface area contributed by atoms with Crippen LogP contribution in [0.5, 0.6) is 5.75 Å². The topological polar surface area (TPSA) is 94.8 Å². The largest absolute Gasteiger partial charge is 0.444 e. The van der Waals surface area contributed by atoms with Gasteiger partial charge in [0.1, 0.15) is 23.0 Å². The average molecular weight is 361 g/mol. The molecular formula is C19H23NO6. The highest BCUT2D eigenvalue weighted by molar-refractivity contribution is 5.85. The van der Waals surface area contributed by atoms with E-state index in [-0.39, 0.29) is 5.75 Å². The Hall–Kier alpha value is -2.83. The number of hydrogen-bond acceptors (Lipinski definition) is 6. The molecule has 0 spiro atoms. The molecule has 140 valence electrons. The first kappa shape index (κ1) is 19.5. The minimum atomic E-state index is -0.910. The number of benzene rings is 1. The van der Waals surface area contributed by atoms with Gasteiger partial charge >= 0.3 is 17.7 Å². The molecule has 1 heterocycles. The fourth-order valence-corrected chi connectivity index (χ4v) is 2.24. The first-order chi connectivity index (χ1) is 12.0. The Labute approximate surface area is 151 Å². The van der Waals surface area contributed by atoms with Gasteiger partial charge in [0.2, 0.25) is 0 Å². The maximum Gasteiger partial charge on any atom is 0.408 e. The highest BCUT2D eigenvalue weighted by Gasteiger charge is 2.22. The Balaban J connectivity index is 2.12. The van der Waals surface area contributed by atoms with Gasteiger partial charge in [-0.05, 0) is 59.2 Å². The molecule has 0 saturated heterocycles. The van der Waals surface area contributed by atoms with Gasteiger partial charge in [-0.25, -0.2) is 14.4 Å². The molecular weight excluding hydrogens is 338 g/mol. The number of rotatable bonds is 3. The molecule has 1 aromatic carbocycles. The van der Waals surface area contributed by atoms with Gasteiger partial charge in [-0.1, -0.05) is 0 Å². The molecule has 0 aliphatic heterocycles. The average Bonchev–Trinajstić information content (AvgIpc) is 2.50. The van der Waals surface area contributed by atoms with Crippen LogP contribution in [0.3, 0.4) is 0 Å². The number of fused-ring (bicyclic) bond motifs is 1. The summed E-state index contributed by atoms with van der Waals surface area (Å²) in [6.45, 7) is 10.2. The van der Waals surface area contributed by atoms with E-state index in [1.54, 1.807) is 39.8 Å². The Kier molecular flexibility index (Phi) is 5.39. The van der Waals surface area contributed by atoms with Gasteiger partial charge in [0.05, 0.1) is 0 Å².